The van der Waals surface area contributed by atoms with Crippen molar-refractivity contribution in [2.75, 3.05) is 5.75 Å². The molecule has 24 heavy (non-hydrogen) atoms. The maximum absolute atomic E-state index is 2.42. The second-order valence-electron chi connectivity index (χ2n) is 6.45. The van der Waals surface area contributed by atoms with E-state index in [4.69, 9.17) is 0 Å². The van der Waals surface area contributed by atoms with E-state index in [0.29, 0.717) is 5.92 Å². The quantitative estimate of drug-likeness (QED) is 0.494. The normalized spacial score (nSPS) is 19.9. The third-order valence-corrected chi connectivity index (χ3v) is 6.79. The zero-order chi connectivity index (χ0) is 16.0. The summed E-state index contributed by atoms with van der Waals surface area (Å²) in [4.78, 5) is 0. The zero-order valence-corrected chi connectivity index (χ0v) is 14.2. The Kier molecular flexibility index (Phi) is 3.17. The van der Waals surface area contributed by atoms with Crippen molar-refractivity contribution >= 4 is 11.8 Å². The lowest BCUT2D eigenvalue weighted by atomic mass is 9.78. The number of thioether (sulfide) groups is 1. The molecule has 1 heteroatoms. The highest BCUT2D eigenvalue weighted by molar-refractivity contribution is 8.00. The molecule has 1 spiro atoms. The summed E-state index contributed by atoms with van der Waals surface area (Å²) in [7, 11) is 0. The molecule has 3 aromatic carbocycles. The Labute approximate surface area is 147 Å². The first-order chi connectivity index (χ1) is 11.9. The van der Waals surface area contributed by atoms with Crippen molar-refractivity contribution in [2.24, 2.45) is 0 Å². The van der Waals surface area contributed by atoms with Gasteiger partial charge in [0.15, 0.2) is 0 Å². The van der Waals surface area contributed by atoms with Gasteiger partial charge in [0, 0.05) is 11.7 Å². The largest absolute Gasteiger partial charge is 0.140 e. The van der Waals surface area contributed by atoms with Crippen LogP contribution in [0.25, 0.3) is 11.1 Å². The van der Waals surface area contributed by atoms with E-state index >= 15 is 0 Å². The van der Waals surface area contributed by atoms with Crippen molar-refractivity contribution < 1.29 is 0 Å². The minimum atomic E-state index is -0.0106. The monoisotopic (exact) mass is 326 g/mol. The summed E-state index contributed by atoms with van der Waals surface area (Å²) in [6.07, 6.45) is 4.75. The molecule has 1 heterocycles. The van der Waals surface area contributed by atoms with Crippen molar-refractivity contribution in [3.8, 4) is 11.1 Å². The van der Waals surface area contributed by atoms with Gasteiger partial charge in [0.1, 0.15) is 0 Å². The average Bonchev–Trinajstić information content (AvgIpc) is 2.94. The van der Waals surface area contributed by atoms with E-state index in [2.05, 4.69) is 103 Å². The Balaban J connectivity index is 1.84. The van der Waals surface area contributed by atoms with E-state index in [1.807, 2.05) is 0 Å². The maximum Gasteiger partial charge on any atom is 0.0775 e. The molecule has 0 saturated carbocycles. The predicted molar refractivity (Wildman–Crippen MR) is 103 cm³/mol. The van der Waals surface area contributed by atoms with Crippen molar-refractivity contribution in [3.05, 3.63) is 108 Å². The van der Waals surface area contributed by atoms with Crippen LogP contribution < -0.4 is 0 Å². The molecule has 0 saturated heterocycles. The molecule has 0 nitrogen and oxygen atoms in total. The summed E-state index contributed by atoms with van der Waals surface area (Å²) in [5.74, 6) is 1.42. The van der Waals surface area contributed by atoms with Gasteiger partial charge in [-0.05, 0) is 27.8 Å². The fourth-order valence-electron chi connectivity index (χ4n) is 4.32. The molecule has 0 bridgehead atoms. The van der Waals surface area contributed by atoms with Crippen LogP contribution in [-0.2, 0) is 4.75 Å². The molecule has 1 atom stereocenters. The van der Waals surface area contributed by atoms with Gasteiger partial charge in [0.05, 0.1) is 4.75 Å². The van der Waals surface area contributed by atoms with Crippen LogP contribution in [0.3, 0.4) is 0 Å². The summed E-state index contributed by atoms with van der Waals surface area (Å²) in [5.41, 5.74) is 7.13. The van der Waals surface area contributed by atoms with Crippen LogP contribution in [0.4, 0.5) is 0 Å². The van der Waals surface area contributed by atoms with Crippen molar-refractivity contribution in [1.82, 2.24) is 0 Å². The van der Waals surface area contributed by atoms with Crippen molar-refractivity contribution in [1.29, 1.82) is 0 Å². The summed E-state index contributed by atoms with van der Waals surface area (Å²) in [6.45, 7) is 0. The van der Waals surface area contributed by atoms with Crippen molar-refractivity contribution in [3.63, 3.8) is 0 Å². The molecule has 0 fully saturated rings. The van der Waals surface area contributed by atoms with Gasteiger partial charge >= 0.3 is 0 Å². The van der Waals surface area contributed by atoms with Crippen LogP contribution in [0.5, 0.6) is 0 Å². The molecule has 5 rings (SSSR count). The molecule has 0 N–H and O–H groups in total. The topological polar surface area (TPSA) is 0 Å². The van der Waals surface area contributed by atoms with E-state index in [-0.39, 0.29) is 4.75 Å². The number of fused-ring (bicyclic) bond motifs is 5. The fraction of sp³-hybridized carbons (Fsp3) is 0.130. The highest BCUT2D eigenvalue weighted by atomic mass is 32.2. The summed E-state index contributed by atoms with van der Waals surface area (Å²) < 4.78 is -0.0106. The Morgan fingerprint density at radius 2 is 1.29 bits per heavy atom. The van der Waals surface area contributed by atoms with E-state index in [0.717, 1.165) is 5.75 Å². The molecule has 1 unspecified atom stereocenters. The second-order valence-corrected chi connectivity index (χ2v) is 7.72. The first-order valence-corrected chi connectivity index (χ1v) is 9.45. The Bertz CT molecular complexity index is 878. The molecule has 0 amide bonds. The van der Waals surface area contributed by atoms with Gasteiger partial charge in [-0.2, -0.15) is 0 Å². The molecule has 0 aromatic heterocycles. The van der Waals surface area contributed by atoms with E-state index < -0.39 is 0 Å². The molecular weight excluding hydrogens is 308 g/mol. The van der Waals surface area contributed by atoms with Gasteiger partial charge in [0.2, 0.25) is 0 Å². The highest BCUT2D eigenvalue weighted by Gasteiger charge is 2.49. The van der Waals surface area contributed by atoms with Crippen LogP contribution in [0.15, 0.2) is 91.0 Å². The minimum absolute atomic E-state index is 0.0106. The fourth-order valence-corrected chi connectivity index (χ4v) is 5.85. The minimum Gasteiger partial charge on any atom is -0.140 e. The number of benzene rings is 3. The number of hydrogen-bond donors (Lipinski definition) is 0. The van der Waals surface area contributed by atoms with E-state index in [1.54, 1.807) is 0 Å². The van der Waals surface area contributed by atoms with Crippen molar-refractivity contribution in [2.45, 2.75) is 10.7 Å². The van der Waals surface area contributed by atoms with Crippen LogP contribution in [0.2, 0.25) is 0 Å². The third kappa shape index (κ3) is 1.82. The molecule has 2 aliphatic rings. The van der Waals surface area contributed by atoms with Gasteiger partial charge in [0.25, 0.3) is 0 Å². The summed E-state index contributed by atoms with van der Waals surface area (Å²) in [6, 6.07) is 28.9. The molecule has 0 radical (unpaired) electrons. The van der Waals surface area contributed by atoms with E-state index in [9.17, 15) is 0 Å². The lowest BCUT2D eigenvalue weighted by molar-refractivity contribution is 0.664. The second kappa shape index (κ2) is 5.39. The van der Waals surface area contributed by atoms with Crippen LogP contribution in [-0.4, -0.2) is 5.75 Å². The molecule has 116 valence electrons. The summed E-state index contributed by atoms with van der Waals surface area (Å²) in [5, 5.41) is 0. The average molecular weight is 326 g/mol. The first kappa shape index (κ1) is 14.1. The lowest BCUT2D eigenvalue weighted by Gasteiger charge is -2.40. The van der Waals surface area contributed by atoms with Crippen LogP contribution in [0, 0.1) is 0 Å². The van der Waals surface area contributed by atoms with Gasteiger partial charge in [-0.15, -0.1) is 11.8 Å². The van der Waals surface area contributed by atoms with Crippen LogP contribution in [0.1, 0.15) is 22.6 Å². The molecule has 3 aromatic rings. The number of allylic oxidation sites excluding steroid dienone is 1. The molecule has 1 aliphatic carbocycles. The Morgan fingerprint density at radius 3 is 1.96 bits per heavy atom. The van der Waals surface area contributed by atoms with Gasteiger partial charge in [-0.25, -0.2) is 0 Å². The SMILES string of the molecule is C1=CC(c2ccccc2)C2(SC1)c1ccccc1-c1ccccc12. The lowest BCUT2D eigenvalue weighted by Crippen LogP contribution is -2.31. The number of rotatable bonds is 1. The Hall–Kier alpha value is -2.25. The van der Waals surface area contributed by atoms with E-state index in [1.165, 1.54) is 27.8 Å². The maximum atomic E-state index is 2.42. The van der Waals surface area contributed by atoms with Gasteiger partial charge < -0.3 is 0 Å². The van der Waals surface area contributed by atoms with Gasteiger partial charge in [-0.1, -0.05) is 91.0 Å². The smallest absolute Gasteiger partial charge is 0.0775 e. The Morgan fingerprint density at radius 1 is 0.708 bits per heavy atom. The standard InChI is InChI=1S/C23H18S/c1-2-9-17(10-3-1)20-15-8-16-24-23(20)21-13-6-4-11-18(21)19-12-5-7-14-22(19)23/h1-15,20H,16H2. The van der Waals surface area contributed by atoms with Crippen LogP contribution >= 0.6 is 11.8 Å². The predicted octanol–water partition coefficient (Wildman–Crippen LogP) is 6.00. The molecule has 1 aliphatic heterocycles. The first-order valence-electron chi connectivity index (χ1n) is 8.46. The van der Waals surface area contributed by atoms with Gasteiger partial charge in [-0.3, -0.25) is 0 Å². The highest BCUT2D eigenvalue weighted by Crippen LogP contribution is 2.62. The zero-order valence-electron chi connectivity index (χ0n) is 13.4. The third-order valence-electron chi connectivity index (χ3n) is 5.28. The number of hydrogen-bond acceptors (Lipinski definition) is 1. The summed E-state index contributed by atoms with van der Waals surface area (Å²) >= 11 is 2.07. The molecular formula is C23H18S.